The Bertz CT molecular complexity index is 293. The molecular formula is C17H33N3. The molecule has 0 saturated heterocycles. The summed E-state index contributed by atoms with van der Waals surface area (Å²) in [7, 11) is 0. The Balaban J connectivity index is 2.49. The van der Waals surface area contributed by atoms with Gasteiger partial charge < -0.3 is 4.90 Å². The van der Waals surface area contributed by atoms with Crippen molar-refractivity contribution in [3.8, 4) is 6.07 Å². The summed E-state index contributed by atoms with van der Waals surface area (Å²) < 4.78 is 0. The summed E-state index contributed by atoms with van der Waals surface area (Å²) >= 11 is 0. The van der Waals surface area contributed by atoms with E-state index in [1.807, 2.05) is 0 Å². The van der Waals surface area contributed by atoms with Crippen LogP contribution in [0.4, 0.5) is 0 Å². The highest BCUT2D eigenvalue weighted by molar-refractivity contribution is 4.96. The van der Waals surface area contributed by atoms with Gasteiger partial charge in [0.05, 0.1) is 12.0 Å². The molecular weight excluding hydrogens is 246 g/mol. The van der Waals surface area contributed by atoms with E-state index in [0.29, 0.717) is 6.04 Å². The molecule has 20 heavy (non-hydrogen) atoms. The van der Waals surface area contributed by atoms with Crippen LogP contribution >= 0.6 is 0 Å². The fraction of sp³-hybridized carbons (Fsp3) is 0.941. The molecule has 3 unspecified atom stereocenters. The first-order chi connectivity index (χ1) is 9.65. The van der Waals surface area contributed by atoms with Gasteiger partial charge in [-0.1, -0.05) is 27.7 Å². The standard InChI is InChI=1S/C17H33N3/c1-5-19(6-2)11-8-12-20(7-3)17-13-15(4)9-10-16(17)14-18/h15-17H,5-13H2,1-4H3. The summed E-state index contributed by atoms with van der Waals surface area (Å²) in [5.41, 5.74) is 0. The molecule has 1 rings (SSSR count). The van der Waals surface area contributed by atoms with Crippen molar-refractivity contribution in [1.82, 2.24) is 9.80 Å². The fourth-order valence-electron chi connectivity index (χ4n) is 3.50. The Morgan fingerprint density at radius 3 is 2.30 bits per heavy atom. The zero-order valence-electron chi connectivity index (χ0n) is 13.9. The van der Waals surface area contributed by atoms with Gasteiger partial charge >= 0.3 is 0 Å². The van der Waals surface area contributed by atoms with Crippen LogP contribution < -0.4 is 0 Å². The molecule has 0 aromatic rings. The van der Waals surface area contributed by atoms with E-state index in [4.69, 9.17) is 0 Å². The molecule has 0 amide bonds. The largest absolute Gasteiger partial charge is 0.304 e. The minimum atomic E-state index is 0.250. The maximum Gasteiger partial charge on any atom is 0.0672 e. The Hall–Kier alpha value is -0.590. The first kappa shape index (κ1) is 17.5. The van der Waals surface area contributed by atoms with Gasteiger partial charge in [-0.3, -0.25) is 4.90 Å². The average Bonchev–Trinajstić information content (AvgIpc) is 2.47. The topological polar surface area (TPSA) is 30.3 Å². The van der Waals surface area contributed by atoms with E-state index < -0.39 is 0 Å². The minimum Gasteiger partial charge on any atom is -0.304 e. The lowest BCUT2D eigenvalue weighted by Crippen LogP contribution is -2.44. The van der Waals surface area contributed by atoms with Crippen LogP contribution in [-0.4, -0.2) is 48.6 Å². The zero-order chi connectivity index (χ0) is 15.0. The predicted molar refractivity (Wildman–Crippen MR) is 85.6 cm³/mol. The van der Waals surface area contributed by atoms with Gasteiger partial charge in [0.1, 0.15) is 0 Å². The summed E-state index contributed by atoms with van der Waals surface area (Å²) in [6.45, 7) is 14.7. The van der Waals surface area contributed by atoms with Gasteiger partial charge in [-0.25, -0.2) is 0 Å². The Morgan fingerprint density at radius 2 is 1.75 bits per heavy atom. The minimum absolute atomic E-state index is 0.250. The fourth-order valence-corrected chi connectivity index (χ4v) is 3.50. The maximum absolute atomic E-state index is 9.40. The van der Waals surface area contributed by atoms with E-state index in [2.05, 4.69) is 43.6 Å². The monoisotopic (exact) mass is 279 g/mol. The molecule has 0 bridgehead atoms. The van der Waals surface area contributed by atoms with Crippen LogP contribution in [0.15, 0.2) is 0 Å². The van der Waals surface area contributed by atoms with Crippen molar-refractivity contribution < 1.29 is 0 Å². The average molecular weight is 279 g/mol. The van der Waals surface area contributed by atoms with Gasteiger partial charge in [0.2, 0.25) is 0 Å². The van der Waals surface area contributed by atoms with E-state index >= 15 is 0 Å². The summed E-state index contributed by atoms with van der Waals surface area (Å²) in [5.74, 6) is 1.03. The lowest BCUT2D eigenvalue weighted by Gasteiger charge is -2.39. The van der Waals surface area contributed by atoms with Crippen molar-refractivity contribution in [2.24, 2.45) is 11.8 Å². The first-order valence-corrected chi connectivity index (χ1v) is 8.52. The van der Waals surface area contributed by atoms with Crippen molar-refractivity contribution in [2.45, 2.75) is 59.4 Å². The molecule has 3 heteroatoms. The van der Waals surface area contributed by atoms with Crippen molar-refractivity contribution in [3.05, 3.63) is 0 Å². The number of hydrogen-bond acceptors (Lipinski definition) is 3. The van der Waals surface area contributed by atoms with Crippen molar-refractivity contribution >= 4 is 0 Å². The molecule has 0 radical (unpaired) electrons. The lowest BCUT2D eigenvalue weighted by atomic mass is 9.79. The molecule has 3 nitrogen and oxygen atoms in total. The van der Waals surface area contributed by atoms with Crippen molar-refractivity contribution in [1.29, 1.82) is 5.26 Å². The first-order valence-electron chi connectivity index (χ1n) is 8.52. The molecule has 116 valence electrons. The van der Waals surface area contributed by atoms with Crippen LogP contribution in [0.2, 0.25) is 0 Å². The van der Waals surface area contributed by atoms with Crippen LogP contribution in [0.5, 0.6) is 0 Å². The SMILES string of the molecule is CCN(CC)CCCN(CC)C1CC(C)CCC1C#N. The van der Waals surface area contributed by atoms with Crippen LogP contribution in [0, 0.1) is 23.2 Å². The van der Waals surface area contributed by atoms with Gasteiger partial charge in [0.15, 0.2) is 0 Å². The van der Waals surface area contributed by atoms with Gasteiger partial charge in [-0.05, 0) is 64.3 Å². The summed E-state index contributed by atoms with van der Waals surface area (Å²) in [4.78, 5) is 5.05. The van der Waals surface area contributed by atoms with Crippen LogP contribution in [-0.2, 0) is 0 Å². The van der Waals surface area contributed by atoms with Gasteiger partial charge in [-0.15, -0.1) is 0 Å². The molecule has 0 aromatic carbocycles. The molecule has 1 aliphatic carbocycles. The number of nitriles is 1. The lowest BCUT2D eigenvalue weighted by molar-refractivity contribution is 0.105. The van der Waals surface area contributed by atoms with Crippen LogP contribution in [0.1, 0.15) is 53.4 Å². The van der Waals surface area contributed by atoms with Gasteiger partial charge in [-0.2, -0.15) is 5.26 Å². The third-order valence-electron chi connectivity index (χ3n) is 4.93. The van der Waals surface area contributed by atoms with E-state index in [1.54, 1.807) is 0 Å². The van der Waals surface area contributed by atoms with Gasteiger partial charge in [0.25, 0.3) is 0 Å². The second-order valence-electron chi connectivity index (χ2n) is 6.23. The summed E-state index contributed by atoms with van der Waals surface area (Å²) in [6, 6.07) is 3.05. The van der Waals surface area contributed by atoms with E-state index in [-0.39, 0.29) is 5.92 Å². The molecule has 0 spiro atoms. The van der Waals surface area contributed by atoms with E-state index in [0.717, 1.165) is 38.5 Å². The van der Waals surface area contributed by atoms with Crippen molar-refractivity contribution in [3.63, 3.8) is 0 Å². The predicted octanol–water partition coefficient (Wildman–Crippen LogP) is 3.37. The molecule has 0 aliphatic heterocycles. The highest BCUT2D eigenvalue weighted by atomic mass is 15.2. The van der Waals surface area contributed by atoms with Crippen molar-refractivity contribution in [2.75, 3.05) is 32.7 Å². The normalized spacial score (nSPS) is 26.9. The highest BCUT2D eigenvalue weighted by Crippen LogP contribution is 2.31. The third kappa shape index (κ3) is 5.07. The van der Waals surface area contributed by atoms with E-state index in [9.17, 15) is 5.26 Å². The zero-order valence-corrected chi connectivity index (χ0v) is 13.9. The number of rotatable bonds is 8. The molecule has 1 fully saturated rings. The van der Waals surface area contributed by atoms with Crippen LogP contribution in [0.3, 0.4) is 0 Å². The summed E-state index contributed by atoms with van der Waals surface area (Å²) in [5, 5.41) is 9.40. The molecule has 0 N–H and O–H groups in total. The smallest absolute Gasteiger partial charge is 0.0672 e. The molecule has 1 aliphatic rings. The second-order valence-corrected chi connectivity index (χ2v) is 6.23. The molecule has 0 heterocycles. The maximum atomic E-state index is 9.40. The van der Waals surface area contributed by atoms with Gasteiger partial charge in [0, 0.05) is 6.04 Å². The second kappa shape index (κ2) is 9.37. The summed E-state index contributed by atoms with van der Waals surface area (Å²) in [6.07, 6.45) is 4.75. The number of nitrogens with zero attached hydrogens (tertiary/aromatic N) is 3. The third-order valence-corrected chi connectivity index (χ3v) is 4.93. The quantitative estimate of drug-likeness (QED) is 0.682. The Labute approximate surface area is 125 Å². The number of hydrogen-bond donors (Lipinski definition) is 0. The Kier molecular flexibility index (Phi) is 8.18. The molecule has 0 aromatic heterocycles. The highest BCUT2D eigenvalue weighted by Gasteiger charge is 2.32. The molecule has 3 atom stereocenters. The van der Waals surface area contributed by atoms with Crippen LogP contribution in [0.25, 0.3) is 0 Å². The molecule has 1 saturated carbocycles. The Morgan fingerprint density at radius 1 is 1.05 bits per heavy atom. The van der Waals surface area contributed by atoms with E-state index in [1.165, 1.54) is 25.8 Å².